The maximum atomic E-state index is 13.1. The number of phosphoric ester groups is 2. The highest BCUT2D eigenvalue weighted by Gasteiger charge is 2.30. The van der Waals surface area contributed by atoms with E-state index in [0.29, 0.717) is 25.7 Å². The van der Waals surface area contributed by atoms with Crippen LogP contribution in [0.5, 0.6) is 0 Å². The molecule has 3 N–H and O–H groups in total. The van der Waals surface area contributed by atoms with Crippen LogP contribution in [0.25, 0.3) is 0 Å². The number of hydrogen-bond acceptors (Lipinski definition) is 15. The van der Waals surface area contributed by atoms with Crippen LogP contribution < -0.4 is 0 Å². The first-order valence-corrected chi connectivity index (χ1v) is 46.7. The lowest BCUT2D eigenvalue weighted by Gasteiger charge is -2.21. The van der Waals surface area contributed by atoms with E-state index in [1.807, 2.05) is 0 Å². The minimum absolute atomic E-state index is 0.108. The van der Waals surface area contributed by atoms with E-state index >= 15 is 0 Å². The van der Waals surface area contributed by atoms with E-state index in [2.05, 4.69) is 34.6 Å². The number of aliphatic hydroxyl groups is 1. The number of ether oxygens (including phenoxy) is 4. The molecule has 0 aliphatic rings. The maximum Gasteiger partial charge on any atom is 0.472 e. The molecule has 612 valence electrons. The molecule has 0 aliphatic carbocycles. The van der Waals surface area contributed by atoms with Crippen molar-refractivity contribution in [2.75, 3.05) is 39.6 Å². The largest absolute Gasteiger partial charge is 0.472 e. The average molecular weight is 1510 g/mol. The summed E-state index contributed by atoms with van der Waals surface area (Å²) in [6, 6.07) is 0. The fourth-order valence-electron chi connectivity index (χ4n) is 13.1. The van der Waals surface area contributed by atoms with Crippen LogP contribution in [0.3, 0.4) is 0 Å². The van der Waals surface area contributed by atoms with Gasteiger partial charge < -0.3 is 33.8 Å². The number of unbranched alkanes of at least 4 members (excludes halogenated alkanes) is 55. The fourth-order valence-corrected chi connectivity index (χ4v) is 14.7. The summed E-state index contributed by atoms with van der Waals surface area (Å²) in [7, 11) is -9.92. The van der Waals surface area contributed by atoms with Gasteiger partial charge in [0.2, 0.25) is 0 Å². The molecule has 0 saturated carbocycles. The molecule has 6 atom stereocenters. The first-order valence-electron chi connectivity index (χ1n) is 43.7. The van der Waals surface area contributed by atoms with Crippen LogP contribution in [-0.4, -0.2) is 96.7 Å². The zero-order chi connectivity index (χ0) is 75.5. The Balaban J connectivity index is 5.22. The summed E-state index contributed by atoms with van der Waals surface area (Å²) in [6.45, 7) is 7.42. The second kappa shape index (κ2) is 76.8. The van der Waals surface area contributed by atoms with E-state index in [4.69, 9.17) is 37.0 Å². The third kappa shape index (κ3) is 76.6. The van der Waals surface area contributed by atoms with E-state index in [0.717, 1.165) is 95.8 Å². The van der Waals surface area contributed by atoms with Crippen molar-refractivity contribution in [1.29, 1.82) is 0 Å². The first kappa shape index (κ1) is 101. The second-order valence-corrected chi connectivity index (χ2v) is 33.4. The molecule has 0 rings (SSSR count). The van der Waals surface area contributed by atoms with Gasteiger partial charge in [0.05, 0.1) is 26.4 Å². The Morgan fingerprint density at radius 3 is 0.689 bits per heavy atom. The summed E-state index contributed by atoms with van der Waals surface area (Å²) in [6.07, 6.45) is 69.3. The van der Waals surface area contributed by atoms with Crippen molar-refractivity contribution >= 4 is 39.5 Å². The van der Waals surface area contributed by atoms with E-state index in [9.17, 15) is 43.2 Å². The topological polar surface area (TPSA) is 237 Å². The van der Waals surface area contributed by atoms with Crippen molar-refractivity contribution in [3.63, 3.8) is 0 Å². The first-order chi connectivity index (χ1) is 50.1. The lowest BCUT2D eigenvalue weighted by atomic mass is 9.99. The molecule has 103 heavy (non-hydrogen) atoms. The Morgan fingerprint density at radius 2 is 0.466 bits per heavy atom. The molecule has 0 aromatic rings. The molecule has 0 aromatic heterocycles. The summed E-state index contributed by atoms with van der Waals surface area (Å²) in [4.78, 5) is 73.1. The Morgan fingerprint density at radius 1 is 0.272 bits per heavy atom. The number of carbonyl (C=O) groups excluding carboxylic acids is 4. The van der Waals surface area contributed by atoms with Crippen LogP contribution >= 0.6 is 15.6 Å². The van der Waals surface area contributed by atoms with Crippen LogP contribution in [0.4, 0.5) is 0 Å². The van der Waals surface area contributed by atoms with Crippen molar-refractivity contribution in [3.05, 3.63) is 0 Å². The van der Waals surface area contributed by atoms with Crippen molar-refractivity contribution in [3.8, 4) is 0 Å². The van der Waals surface area contributed by atoms with E-state index in [1.54, 1.807) is 0 Å². The average Bonchev–Trinajstić information content (AvgIpc) is 0.941. The standard InChI is InChI=1S/C84H164O17P2/c1-6-10-13-16-19-22-25-27-28-31-35-39-43-48-53-58-63-68-82(87)95-74-80(101-84(89)70-65-60-55-50-45-40-36-33-30-29-32-34-38-42-46-51-56-61-66-77(5)9-4)76-99-103(92,93)97-72-78(85)71-96-102(90,91)98-75-79(73-94-81(86)67-62-57-52-47-41-24-21-18-15-12-8-3)100-83(88)69-64-59-54-49-44-37-26-23-20-17-14-11-7-2/h77-80,85H,6-76H2,1-5H3,(H,90,91)(H,92,93)/t77?,78-,79+,80+/m0/s1. The van der Waals surface area contributed by atoms with E-state index < -0.39 is 97.5 Å². The van der Waals surface area contributed by atoms with Crippen molar-refractivity contribution in [1.82, 2.24) is 0 Å². The Hall–Kier alpha value is -1.94. The lowest BCUT2D eigenvalue weighted by molar-refractivity contribution is -0.161. The van der Waals surface area contributed by atoms with Gasteiger partial charge in [0.25, 0.3) is 0 Å². The third-order valence-corrected chi connectivity index (χ3v) is 22.0. The molecule has 0 amide bonds. The number of aliphatic hydroxyl groups excluding tert-OH is 1. The maximum absolute atomic E-state index is 13.1. The molecule has 0 aromatic carbocycles. The molecule has 0 fully saturated rings. The summed E-state index contributed by atoms with van der Waals surface area (Å²) >= 11 is 0. The molecular formula is C84H164O17P2. The van der Waals surface area contributed by atoms with Crippen molar-refractivity contribution < 1.29 is 80.2 Å². The van der Waals surface area contributed by atoms with Gasteiger partial charge in [-0.2, -0.15) is 0 Å². The molecule has 0 radical (unpaired) electrons. The molecule has 3 unspecified atom stereocenters. The third-order valence-electron chi connectivity index (χ3n) is 20.1. The summed E-state index contributed by atoms with van der Waals surface area (Å²) in [5.41, 5.74) is 0. The van der Waals surface area contributed by atoms with Gasteiger partial charge in [-0.15, -0.1) is 0 Å². The van der Waals surface area contributed by atoms with Crippen LogP contribution in [0.1, 0.15) is 452 Å². The second-order valence-electron chi connectivity index (χ2n) is 30.5. The van der Waals surface area contributed by atoms with Crippen molar-refractivity contribution in [2.24, 2.45) is 5.92 Å². The molecule has 19 heteroatoms. The van der Waals surface area contributed by atoms with Gasteiger partial charge >= 0.3 is 39.5 Å². The van der Waals surface area contributed by atoms with Crippen molar-refractivity contribution in [2.45, 2.75) is 470 Å². The van der Waals surface area contributed by atoms with Crippen LogP contribution in [0, 0.1) is 5.92 Å². The molecule has 0 bridgehead atoms. The molecule has 0 aliphatic heterocycles. The quantitative estimate of drug-likeness (QED) is 0.0222. The van der Waals surface area contributed by atoms with Gasteiger partial charge in [0.15, 0.2) is 12.2 Å². The predicted octanol–water partition coefficient (Wildman–Crippen LogP) is 25.6. The number of hydrogen-bond donors (Lipinski definition) is 3. The zero-order valence-corrected chi connectivity index (χ0v) is 69.3. The SMILES string of the molecule is CCCCCCCCCCCCCCCCCCCC(=O)OC[C@H](COP(=O)(O)OC[C@@H](O)COP(=O)(O)OC[C@@H](COC(=O)CCCCCCCCCCCCC)OC(=O)CCCCCCCCCCCCCCC)OC(=O)CCCCCCCCCCCCCCCCCCCCC(C)CC. The fraction of sp³-hybridized carbons (Fsp3) is 0.952. The van der Waals surface area contributed by atoms with Gasteiger partial charge in [-0.1, -0.05) is 401 Å². The van der Waals surface area contributed by atoms with Gasteiger partial charge in [-0.05, 0) is 31.6 Å². The predicted molar refractivity (Wildman–Crippen MR) is 423 cm³/mol. The van der Waals surface area contributed by atoms with Gasteiger partial charge in [-0.25, -0.2) is 9.13 Å². The normalized spacial score (nSPS) is 14.1. The molecular weight excluding hydrogens is 1340 g/mol. The zero-order valence-electron chi connectivity index (χ0n) is 67.5. The van der Waals surface area contributed by atoms with Gasteiger partial charge in [0.1, 0.15) is 19.3 Å². The summed E-state index contributed by atoms with van der Waals surface area (Å²) in [5, 5.41) is 10.7. The smallest absolute Gasteiger partial charge is 0.462 e. The summed E-state index contributed by atoms with van der Waals surface area (Å²) < 4.78 is 68.8. The number of phosphoric acid groups is 2. The number of esters is 4. The molecule has 17 nitrogen and oxygen atoms in total. The Labute approximate surface area is 632 Å². The minimum atomic E-state index is -4.96. The van der Waals surface area contributed by atoms with E-state index in [-0.39, 0.29) is 25.7 Å². The van der Waals surface area contributed by atoms with Crippen LogP contribution in [0.2, 0.25) is 0 Å². The highest BCUT2D eigenvalue weighted by Crippen LogP contribution is 2.45. The molecule has 0 spiro atoms. The van der Waals surface area contributed by atoms with Crippen LogP contribution in [0.15, 0.2) is 0 Å². The molecule has 0 heterocycles. The highest BCUT2D eigenvalue weighted by molar-refractivity contribution is 7.47. The number of carbonyl (C=O) groups is 4. The molecule has 0 saturated heterocycles. The Bertz CT molecular complexity index is 1960. The van der Waals surface area contributed by atoms with Gasteiger partial charge in [0, 0.05) is 25.7 Å². The monoisotopic (exact) mass is 1510 g/mol. The van der Waals surface area contributed by atoms with Gasteiger partial charge in [-0.3, -0.25) is 37.3 Å². The van der Waals surface area contributed by atoms with E-state index in [1.165, 1.54) is 276 Å². The summed E-state index contributed by atoms with van der Waals surface area (Å²) in [5.74, 6) is -1.23. The Kier molecular flexibility index (Phi) is 75.4. The highest BCUT2D eigenvalue weighted by atomic mass is 31.2. The van der Waals surface area contributed by atoms with Crippen LogP contribution in [-0.2, 0) is 65.4 Å². The minimum Gasteiger partial charge on any atom is -0.462 e. The lowest BCUT2D eigenvalue weighted by Crippen LogP contribution is -2.30. The number of rotatable bonds is 84.